The average molecular weight is 359 g/mol. The molecule has 1 fully saturated rings. The molecule has 2 heterocycles. The maximum absolute atomic E-state index is 12.7. The Morgan fingerprint density at radius 1 is 1.28 bits per heavy atom. The standard InChI is InChI=1S/C20H26N2O2S/c1-13-10-16-8-9-17(24-4)11-18(16)21-20(13)25-12-19(23)22-14(2)6-5-7-15(22)3/h8-11,14-15H,5-7,12H2,1-4H3/t14-,15+. The Morgan fingerprint density at radius 3 is 2.68 bits per heavy atom. The van der Waals surface area contributed by atoms with Crippen molar-refractivity contribution in [3.8, 4) is 5.75 Å². The number of hydrogen-bond acceptors (Lipinski definition) is 4. The smallest absolute Gasteiger partial charge is 0.233 e. The highest BCUT2D eigenvalue weighted by atomic mass is 32.2. The van der Waals surface area contributed by atoms with Gasteiger partial charge >= 0.3 is 0 Å². The fourth-order valence-electron chi connectivity index (χ4n) is 3.63. The Labute approximate surface area is 153 Å². The van der Waals surface area contributed by atoms with Crippen LogP contribution in [0.3, 0.4) is 0 Å². The molecule has 1 aliphatic heterocycles. The van der Waals surface area contributed by atoms with Crippen LogP contribution in [0.25, 0.3) is 10.9 Å². The lowest BCUT2D eigenvalue weighted by atomic mass is 9.98. The Balaban J connectivity index is 1.75. The van der Waals surface area contributed by atoms with Crippen LogP contribution in [0.15, 0.2) is 29.3 Å². The Kier molecular flexibility index (Phi) is 5.52. The number of ether oxygens (including phenoxy) is 1. The molecule has 2 aromatic rings. The van der Waals surface area contributed by atoms with Gasteiger partial charge in [-0.3, -0.25) is 4.79 Å². The molecule has 1 amide bonds. The van der Waals surface area contributed by atoms with Crippen LogP contribution in [-0.4, -0.2) is 40.7 Å². The Hall–Kier alpha value is -1.75. The molecule has 0 aliphatic carbocycles. The number of amides is 1. The third-order valence-electron chi connectivity index (χ3n) is 4.98. The van der Waals surface area contributed by atoms with Gasteiger partial charge in [0.15, 0.2) is 0 Å². The highest BCUT2D eigenvalue weighted by Gasteiger charge is 2.28. The second kappa shape index (κ2) is 7.65. The first-order chi connectivity index (χ1) is 12.0. The lowest BCUT2D eigenvalue weighted by Crippen LogP contribution is -2.48. The van der Waals surface area contributed by atoms with Crippen molar-refractivity contribution in [1.82, 2.24) is 9.88 Å². The van der Waals surface area contributed by atoms with E-state index in [-0.39, 0.29) is 5.91 Å². The molecule has 1 saturated heterocycles. The van der Waals surface area contributed by atoms with Crippen LogP contribution in [-0.2, 0) is 4.79 Å². The van der Waals surface area contributed by atoms with Crippen molar-refractivity contribution in [2.24, 2.45) is 0 Å². The van der Waals surface area contributed by atoms with E-state index >= 15 is 0 Å². The molecule has 5 heteroatoms. The summed E-state index contributed by atoms with van der Waals surface area (Å²) in [5.74, 6) is 1.46. The zero-order chi connectivity index (χ0) is 18.0. The van der Waals surface area contributed by atoms with Gasteiger partial charge in [0, 0.05) is 23.5 Å². The van der Waals surface area contributed by atoms with Gasteiger partial charge in [-0.05, 0) is 63.8 Å². The first-order valence-electron chi connectivity index (χ1n) is 8.89. The number of carbonyl (C=O) groups excluding carboxylic acids is 1. The zero-order valence-electron chi connectivity index (χ0n) is 15.4. The number of pyridine rings is 1. The number of aromatic nitrogens is 1. The zero-order valence-corrected chi connectivity index (χ0v) is 16.2. The number of benzene rings is 1. The number of fused-ring (bicyclic) bond motifs is 1. The third-order valence-corrected chi connectivity index (χ3v) is 6.06. The number of hydrogen-bond donors (Lipinski definition) is 0. The number of aryl methyl sites for hydroxylation is 1. The van der Waals surface area contributed by atoms with Gasteiger partial charge in [0.05, 0.1) is 18.4 Å². The highest BCUT2D eigenvalue weighted by molar-refractivity contribution is 7.99. The molecule has 0 radical (unpaired) electrons. The summed E-state index contributed by atoms with van der Waals surface area (Å²) in [6.07, 6.45) is 3.42. The number of rotatable bonds is 4. The van der Waals surface area contributed by atoms with Crippen LogP contribution in [0.2, 0.25) is 0 Å². The molecule has 134 valence electrons. The predicted molar refractivity (Wildman–Crippen MR) is 103 cm³/mol. The number of likely N-dealkylation sites (tertiary alicyclic amines) is 1. The lowest BCUT2D eigenvalue weighted by molar-refractivity contribution is -0.134. The minimum Gasteiger partial charge on any atom is -0.497 e. The Bertz CT molecular complexity index is 768. The SMILES string of the molecule is COc1ccc2cc(C)c(SCC(=O)N3[C@H](C)CCC[C@@H]3C)nc2c1. The van der Waals surface area contributed by atoms with Crippen LogP contribution in [0.5, 0.6) is 5.75 Å². The van der Waals surface area contributed by atoms with Crippen molar-refractivity contribution in [1.29, 1.82) is 0 Å². The van der Waals surface area contributed by atoms with Crippen molar-refractivity contribution in [3.05, 3.63) is 29.8 Å². The number of methoxy groups -OCH3 is 1. The van der Waals surface area contributed by atoms with Gasteiger partial charge in [0.25, 0.3) is 0 Å². The highest BCUT2D eigenvalue weighted by Crippen LogP contribution is 2.28. The summed E-state index contributed by atoms with van der Waals surface area (Å²) in [6, 6.07) is 8.71. The summed E-state index contributed by atoms with van der Waals surface area (Å²) < 4.78 is 5.29. The van der Waals surface area contributed by atoms with E-state index in [0.29, 0.717) is 17.8 Å². The molecule has 25 heavy (non-hydrogen) atoms. The van der Waals surface area contributed by atoms with Gasteiger partial charge in [-0.25, -0.2) is 4.98 Å². The second-order valence-electron chi connectivity index (χ2n) is 6.89. The van der Waals surface area contributed by atoms with E-state index in [4.69, 9.17) is 9.72 Å². The van der Waals surface area contributed by atoms with Crippen molar-refractivity contribution in [2.45, 2.75) is 57.1 Å². The van der Waals surface area contributed by atoms with E-state index in [0.717, 1.165) is 40.1 Å². The topological polar surface area (TPSA) is 42.4 Å². The fraction of sp³-hybridized carbons (Fsp3) is 0.500. The minimum absolute atomic E-state index is 0.219. The molecule has 0 N–H and O–H groups in total. The monoisotopic (exact) mass is 358 g/mol. The van der Waals surface area contributed by atoms with Crippen LogP contribution >= 0.6 is 11.8 Å². The first kappa shape index (κ1) is 18.1. The van der Waals surface area contributed by atoms with Crippen LogP contribution in [0, 0.1) is 6.92 Å². The van der Waals surface area contributed by atoms with Crippen molar-refractivity contribution in [3.63, 3.8) is 0 Å². The van der Waals surface area contributed by atoms with Gasteiger partial charge in [0.2, 0.25) is 5.91 Å². The van der Waals surface area contributed by atoms with Crippen molar-refractivity contribution in [2.75, 3.05) is 12.9 Å². The van der Waals surface area contributed by atoms with E-state index in [1.165, 1.54) is 18.2 Å². The van der Waals surface area contributed by atoms with Gasteiger partial charge in [-0.15, -0.1) is 0 Å². The van der Waals surface area contributed by atoms with E-state index in [2.05, 4.69) is 31.7 Å². The van der Waals surface area contributed by atoms with E-state index in [1.807, 2.05) is 18.2 Å². The van der Waals surface area contributed by atoms with E-state index in [9.17, 15) is 4.79 Å². The summed E-state index contributed by atoms with van der Waals surface area (Å²) in [5.41, 5.74) is 2.01. The van der Waals surface area contributed by atoms with Gasteiger partial charge in [-0.2, -0.15) is 0 Å². The van der Waals surface area contributed by atoms with Crippen LogP contribution in [0.4, 0.5) is 0 Å². The van der Waals surface area contributed by atoms with Crippen molar-refractivity contribution >= 4 is 28.6 Å². The summed E-state index contributed by atoms with van der Waals surface area (Å²) >= 11 is 1.54. The normalized spacial score (nSPS) is 20.7. The molecule has 0 unspecified atom stereocenters. The summed E-state index contributed by atoms with van der Waals surface area (Å²) in [4.78, 5) is 19.5. The molecule has 4 nitrogen and oxygen atoms in total. The maximum atomic E-state index is 12.7. The van der Waals surface area contributed by atoms with Gasteiger partial charge in [0.1, 0.15) is 10.8 Å². The Morgan fingerprint density at radius 2 is 2.00 bits per heavy atom. The number of nitrogens with zero attached hydrogens (tertiary/aromatic N) is 2. The molecule has 1 aromatic carbocycles. The first-order valence-corrected chi connectivity index (χ1v) is 9.87. The molecular formula is C20H26N2O2S. The number of carbonyl (C=O) groups is 1. The van der Waals surface area contributed by atoms with E-state index < -0.39 is 0 Å². The molecule has 0 bridgehead atoms. The fourth-order valence-corrected chi connectivity index (χ4v) is 4.48. The lowest BCUT2D eigenvalue weighted by Gasteiger charge is -2.39. The molecule has 2 atom stereocenters. The predicted octanol–water partition coefficient (Wildman–Crippen LogP) is 4.43. The quantitative estimate of drug-likeness (QED) is 0.758. The van der Waals surface area contributed by atoms with Gasteiger partial charge in [-0.1, -0.05) is 11.8 Å². The second-order valence-corrected chi connectivity index (χ2v) is 7.85. The molecule has 1 aliphatic rings. The average Bonchev–Trinajstić information content (AvgIpc) is 2.59. The van der Waals surface area contributed by atoms with E-state index in [1.54, 1.807) is 7.11 Å². The molecule has 0 saturated carbocycles. The third kappa shape index (κ3) is 3.92. The maximum Gasteiger partial charge on any atom is 0.233 e. The minimum atomic E-state index is 0.219. The number of piperidine rings is 1. The largest absolute Gasteiger partial charge is 0.497 e. The van der Waals surface area contributed by atoms with Crippen molar-refractivity contribution < 1.29 is 9.53 Å². The van der Waals surface area contributed by atoms with Crippen LogP contribution in [0.1, 0.15) is 38.7 Å². The summed E-state index contributed by atoms with van der Waals surface area (Å²) in [7, 11) is 1.66. The molecule has 1 aromatic heterocycles. The summed E-state index contributed by atoms with van der Waals surface area (Å²) in [6.45, 7) is 6.36. The van der Waals surface area contributed by atoms with Gasteiger partial charge < -0.3 is 9.64 Å². The molecular weight excluding hydrogens is 332 g/mol. The van der Waals surface area contributed by atoms with Crippen LogP contribution < -0.4 is 4.74 Å². The molecule has 0 spiro atoms. The molecule has 3 rings (SSSR count). The summed E-state index contributed by atoms with van der Waals surface area (Å²) in [5, 5.41) is 2.01. The number of thioether (sulfide) groups is 1.